The minimum Gasteiger partial charge on any atom is -0.444 e. The van der Waals surface area contributed by atoms with Crippen LogP contribution in [-0.4, -0.2) is 76.2 Å². The van der Waals surface area contributed by atoms with E-state index in [9.17, 15) is 9.59 Å². The molecule has 2 aliphatic heterocycles. The van der Waals surface area contributed by atoms with E-state index >= 15 is 0 Å². The largest absolute Gasteiger partial charge is 0.444 e. The Kier molecular flexibility index (Phi) is 4.90. The summed E-state index contributed by atoms with van der Waals surface area (Å²) in [5.41, 5.74) is 2.84. The standard InChI is InChI=1S/C24H34N6O3/c1-15(25-21(31)33-23(2,3)4)18-11-29-10-17(16-7-8-16)9-19(20(29)26-18)30-14-24(12-27(5)13-24)28(6)22(30)32/h9-11,15-16H,7-8,12-14H2,1-6H3,(H,25,31)/t15-/m1/s1. The number of carbonyl (C=O) groups excluding carboxylic acids is 2. The first-order chi connectivity index (χ1) is 15.5. The topological polar surface area (TPSA) is 82.4 Å². The molecule has 33 heavy (non-hydrogen) atoms. The highest BCUT2D eigenvalue weighted by Crippen LogP contribution is 2.43. The first-order valence-corrected chi connectivity index (χ1v) is 11.7. The first kappa shape index (κ1) is 22.0. The summed E-state index contributed by atoms with van der Waals surface area (Å²) in [6.07, 6.45) is 5.93. The van der Waals surface area contributed by atoms with Gasteiger partial charge in [-0.3, -0.25) is 4.90 Å². The molecule has 0 aromatic carbocycles. The van der Waals surface area contributed by atoms with Crippen LogP contribution in [0.4, 0.5) is 15.3 Å². The molecule has 1 atom stereocenters. The van der Waals surface area contributed by atoms with Gasteiger partial charge in [-0.05, 0) is 65.1 Å². The van der Waals surface area contributed by atoms with Gasteiger partial charge in [0, 0.05) is 32.5 Å². The van der Waals surface area contributed by atoms with Crippen molar-refractivity contribution in [2.45, 2.75) is 63.6 Å². The van der Waals surface area contributed by atoms with Gasteiger partial charge in [0.15, 0.2) is 5.65 Å². The van der Waals surface area contributed by atoms with Crippen molar-refractivity contribution in [3.05, 3.63) is 29.7 Å². The summed E-state index contributed by atoms with van der Waals surface area (Å²) >= 11 is 0. The van der Waals surface area contributed by atoms with E-state index in [0.29, 0.717) is 12.5 Å². The number of likely N-dealkylation sites (N-methyl/N-ethyl adjacent to an activating group) is 2. The Morgan fingerprint density at radius 1 is 1.21 bits per heavy atom. The summed E-state index contributed by atoms with van der Waals surface area (Å²) in [6.45, 7) is 9.81. The van der Waals surface area contributed by atoms with E-state index in [0.717, 1.165) is 30.1 Å². The molecule has 1 aliphatic carbocycles. The van der Waals surface area contributed by atoms with E-state index in [1.807, 2.05) is 55.1 Å². The average molecular weight is 455 g/mol. The third-order valence-electron chi connectivity index (χ3n) is 6.90. The average Bonchev–Trinajstić information content (AvgIpc) is 3.39. The fourth-order valence-electron chi connectivity index (χ4n) is 5.04. The Morgan fingerprint density at radius 3 is 2.52 bits per heavy atom. The van der Waals surface area contributed by atoms with Crippen LogP contribution in [0.2, 0.25) is 0 Å². The Hall–Kier alpha value is -2.81. The third kappa shape index (κ3) is 3.92. The summed E-state index contributed by atoms with van der Waals surface area (Å²) in [5, 5.41) is 2.87. The molecule has 9 heteroatoms. The number of hydrogen-bond acceptors (Lipinski definition) is 5. The van der Waals surface area contributed by atoms with Crippen molar-refractivity contribution in [3.8, 4) is 0 Å². The first-order valence-electron chi connectivity index (χ1n) is 11.7. The molecule has 1 saturated carbocycles. The zero-order valence-corrected chi connectivity index (χ0v) is 20.4. The molecule has 4 heterocycles. The smallest absolute Gasteiger partial charge is 0.408 e. The van der Waals surface area contributed by atoms with E-state index in [4.69, 9.17) is 9.72 Å². The van der Waals surface area contributed by atoms with E-state index in [2.05, 4.69) is 29.5 Å². The lowest BCUT2D eigenvalue weighted by atomic mass is 9.90. The van der Waals surface area contributed by atoms with E-state index in [1.54, 1.807) is 0 Å². The summed E-state index contributed by atoms with van der Waals surface area (Å²) < 4.78 is 7.41. The van der Waals surface area contributed by atoms with Crippen LogP contribution in [0.5, 0.6) is 0 Å². The number of urea groups is 1. The number of nitrogens with zero attached hydrogens (tertiary/aromatic N) is 5. The van der Waals surface area contributed by atoms with Crippen molar-refractivity contribution < 1.29 is 14.3 Å². The Morgan fingerprint density at radius 2 is 1.91 bits per heavy atom. The molecular formula is C24H34N6O3. The van der Waals surface area contributed by atoms with Crippen LogP contribution >= 0.6 is 0 Å². The zero-order valence-electron chi connectivity index (χ0n) is 20.4. The van der Waals surface area contributed by atoms with Crippen LogP contribution < -0.4 is 10.2 Å². The van der Waals surface area contributed by atoms with E-state index < -0.39 is 11.7 Å². The summed E-state index contributed by atoms with van der Waals surface area (Å²) in [7, 11) is 3.99. The van der Waals surface area contributed by atoms with Crippen molar-refractivity contribution in [3.63, 3.8) is 0 Å². The molecule has 3 amide bonds. The SMILES string of the molecule is C[C@@H](NC(=O)OC(C)(C)C)c1cn2cc(C3CC3)cc(N3CC4(CN(C)C4)N(C)C3=O)c2n1. The minimum absolute atomic E-state index is 0.0161. The number of carbonyl (C=O) groups is 2. The van der Waals surface area contributed by atoms with Gasteiger partial charge in [0.1, 0.15) is 5.60 Å². The van der Waals surface area contributed by atoms with Gasteiger partial charge in [-0.1, -0.05) is 0 Å². The van der Waals surface area contributed by atoms with E-state index in [-0.39, 0.29) is 17.6 Å². The quantitative estimate of drug-likeness (QED) is 0.766. The molecule has 178 valence electrons. The third-order valence-corrected chi connectivity index (χ3v) is 6.90. The van der Waals surface area contributed by atoms with Crippen LogP contribution in [0, 0.1) is 0 Å². The molecule has 2 aromatic rings. The number of imidazole rings is 1. The van der Waals surface area contributed by atoms with Crippen LogP contribution in [0.3, 0.4) is 0 Å². The number of alkyl carbamates (subject to hydrolysis) is 1. The number of rotatable bonds is 4. The summed E-state index contributed by atoms with van der Waals surface area (Å²) in [6, 6.07) is 1.83. The Balaban J connectivity index is 1.48. The second-order valence-corrected chi connectivity index (χ2v) is 11.0. The molecule has 2 saturated heterocycles. The lowest BCUT2D eigenvalue weighted by molar-refractivity contribution is 0.0242. The number of aromatic nitrogens is 2. The van der Waals surface area contributed by atoms with Gasteiger partial charge in [-0.2, -0.15) is 0 Å². The molecule has 3 fully saturated rings. The predicted octanol–water partition coefficient (Wildman–Crippen LogP) is 3.35. The van der Waals surface area contributed by atoms with Crippen LogP contribution in [0.1, 0.15) is 63.8 Å². The predicted molar refractivity (Wildman–Crippen MR) is 126 cm³/mol. The monoisotopic (exact) mass is 454 g/mol. The molecule has 0 bridgehead atoms. The van der Waals surface area contributed by atoms with Gasteiger partial charge in [-0.15, -0.1) is 0 Å². The van der Waals surface area contributed by atoms with Crippen molar-refractivity contribution in [1.29, 1.82) is 0 Å². The van der Waals surface area contributed by atoms with Gasteiger partial charge in [0.25, 0.3) is 0 Å². The van der Waals surface area contributed by atoms with E-state index in [1.165, 1.54) is 18.4 Å². The number of hydrogen-bond donors (Lipinski definition) is 1. The van der Waals surface area contributed by atoms with Crippen LogP contribution in [0.25, 0.3) is 5.65 Å². The number of fused-ring (bicyclic) bond motifs is 1. The highest BCUT2D eigenvalue weighted by Gasteiger charge is 2.54. The number of nitrogens with one attached hydrogen (secondary N) is 1. The Bertz CT molecular complexity index is 1110. The van der Waals surface area contributed by atoms with Gasteiger partial charge < -0.3 is 24.3 Å². The van der Waals surface area contributed by atoms with Gasteiger partial charge in [0.05, 0.1) is 29.5 Å². The maximum absolute atomic E-state index is 13.3. The lowest BCUT2D eigenvalue weighted by Crippen LogP contribution is -2.67. The molecule has 9 nitrogen and oxygen atoms in total. The molecule has 0 radical (unpaired) electrons. The number of likely N-dealkylation sites (tertiary alicyclic amines) is 1. The van der Waals surface area contributed by atoms with Gasteiger partial charge in [0.2, 0.25) is 0 Å². The Labute approximate surface area is 194 Å². The number of amides is 3. The highest BCUT2D eigenvalue weighted by molar-refractivity contribution is 5.99. The molecular weight excluding hydrogens is 420 g/mol. The summed E-state index contributed by atoms with van der Waals surface area (Å²) in [4.78, 5) is 36.5. The molecule has 5 rings (SSSR count). The second-order valence-electron chi connectivity index (χ2n) is 11.0. The van der Waals surface area contributed by atoms with Crippen molar-refractivity contribution in [1.82, 2.24) is 24.5 Å². The molecule has 0 unspecified atom stereocenters. The van der Waals surface area contributed by atoms with Crippen LogP contribution in [-0.2, 0) is 4.74 Å². The maximum Gasteiger partial charge on any atom is 0.408 e. The van der Waals surface area contributed by atoms with Crippen molar-refractivity contribution in [2.75, 3.05) is 38.6 Å². The normalized spacial score (nSPS) is 21.6. The zero-order chi connectivity index (χ0) is 23.7. The fraction of sp³-hybridized carbons (Fsp3) is 0.625. The second kappa shape index (κ2) is 7.35. The van der Waals surface area contributed by atoms with Gasteiger partial charge >= 0.3 is 12.1 Å². The summed E-state index contributed by atoms with van der Waals surface area (Å²) in [5.74, 6) is 0.538. The van der Waals surface area contributed by atoms with Crippen molar-refractivity contribution in [2.24, 2.45) is 0 Å². The molecule has 1 N–H and O–H groups in total. The fourth-order valence-corrected chi connectivity index (χ4v) is 5.04. The maximum atomic E-state index is 13.3. The molecule has 3 aliphatic rings. The highest BCUT2D eigenvalue weighted by atomic mass is 16.6. The molecule has 2 aromatic heterocycles. The minimum atomic E-state index is -0.567. The number of anilines is 1. The van der Waals surface area contributed by atoms with Gasteiger partial charge in [-0.25, -0.2) is 14.6 Å². The number of pyridine rings is 1. The number of ether oxygens (including phenoxy) is 1. The lowest BCUT2D eigenvalue weighted by Gasteiger charge is -2.49. The van der Waals surface area contributed by atoms with Crippen LogP contribution in [0.15, 0.2) is 18.5 Å². The molecule has 1 spiro atoms. The van der Waals surface area contributed by atoms with Crippen molar-refractivity contribution >= 4 is 23.5 Å².